The summed E-state index contributed by atoms with van der Waals surface area (Å²) in [7, 11) is 1.82. The summed E-state index contributed by atoms with van der Waals surface area (Å²) in [6, 6.07) is 0. The molecule has 1 rings (SSSR count). The number of aromatic nitrogens is 1. The first-order valence-corrected chi connectivity index (χ1v) is 4.12. The average molecular weight is 225 g/mol. The first kappa shape index (κ1) is 19.1. The van der Waals surface area contributed by atoms with Gasteiger partial charge in [0.15, 0.2) is 5.75 Å². The molecule has 0 fully saturated rings. The van der Waals surface area contributed by atoms with Crippen molar-refractivity contribution in [3.8, 4) is 17.4 Å². The fourth-order valence-electron chi connectivity index (χ4n) is 1.20. The van der Waals surface area contributed by atoms with Crippen LogP contribution in [0, 0.1) is 0 Å². The fourth-order valence-corrected chi connectivity index (χ4v) is 1.20. The van der Waals surface area contributed by atoms with Crippen LogP contribution in [0.1, 0.15) is 0 Å². The van der Waals surface area contributed by atoms with E-state index in [4.69, 9.17) is 14.2 Å². The maximum Gasteiger partial charge on any atom is 1.00 e. The molecule has 0 saturated carbocycles. The third-order valence-electron chi connectivity index (χ3n) is 1.86. The molecule has 0 N–H and O–H groups in total. The quantitative estimate of drug-likeness (QED) is 0.473. The van der Waals surface area contributed by atoms with E-state index in [1.165, 1.54) is 27.5 Å². The number of hydrogen-bond donors (Lipinski definition) is 0. The second kappa shape index (κ2) is 8.77. The van der Waals surface area contributed by atoms with Gasteiger partial charge in [-0.15, -0.1) is 0 Å². The van der Waals surface area contributed by atoms with Crippen molar-refractivity contribution >= 4 is 12.6 Å². The van der Waals surface area contributed by atoms with Gasteiger partial charge in [-0.05, 0) is 5.46 Å². The summed E-state index contributed by atoms with van der Waals surface area (Å²) in [6.07, 6.45) is 1.25. The molecule has 0 unspecified atom stereocenters. The minimum atomic E-state index is -2.22. The van der Waals surface area contributed by atoms with Gasteiger partial charge in [0.05, 0.1) is 27.5 Å². The van der Waals surface area contributed by atoms with Gasteiger partial charge in [0.2, 0.25) is 0 Å². The molecular formula is C8H10BLi2NO5. The third kappa shape index (κ3) is 4.15. The maximum absolute atomic E-state index is 11.0. The molecule has 0 spiro atoms. The number of hydrogen-bond acceptors (Lipinski definition) is 6. The Balaban J connectivity index is 0. The van der Waals surface area contributed by atoms with Crippen LogP contribution in [0.4, 0.5) is 0 Å². The number of pyridine rings is 1. The van der Waals surface area contributed by atoms with Crippen LogP contribution in [-0.2, 0) is 0 Å². The number of rotatable bonds is 4. The Hall–Kier alpha value is -0.270. The summed E-state index contributed by atoms with van der Waals surface area (Å²) in [5.74, 6) is 0.208. The van der Waals surface area contributed by atoms with Crippen LogP contribution in [-0.4, -0.2) is 33.4 Å². The molecule has 1 aromatic heterocycles. The van der Waals surface area contributed by atoms with Crippen LogP contribution in [0.15, 0.2) is 6.20 Å². The molecule has 17 heavy (non-hydrogen) atoms. The molecule has 9 heteroatoms. The zero-order valence-corrected chi connectivity index (χ0v) is 10.6. The molecule has 6 nitrogen and oxygen atoms in total. The molecule has 1 aromatic rings. The van der Waals surface area contributed by atoms with Crippen LogP contribution in [0.5, 0.6) is 17.4 Å². The molecule has 0 aliphatic heterocycles. The van der Waals surface area contributed by atoms with Gasteiger partial charge < -0.3 is 24.3 Å². The Kier molecular flexibility index (Phi) is 9.84. The van der Waals surface area contributed by atoms with E-state index in [0.717, 1.165) is 0 Å². The summed E-state index contributed by atoms with van der Waals surface area (Å²) in [4.78, 5) is 3.83. The second-order valence-corrected chi connectivity index (χ2v) is 2.61. The normalized spacial score (nSPS) is 8.53. The molecular weight excluding hydrogens is 215 g/mol. The average Bonchev–Trinajstić information content (AvgIpc) is 2.26. The van der Waals surface area contributed by atoms with Crippen LogP contribution in [0.2, 0.25) is 0 Å². The van der Waals surface area contributed by atoms with Crippen molar-refractivity contribution in [2.45, 2.75) is 0 Å². The molecule has 0 radical (unpaired) electrons. The van der Waals surface area contributed by atoms with Gasteiger partial charge in [-0.1, -0.05) is 7.12 Å². The standard InChI is InChI=1S/C8H10BNO5.2Li/c1-13-5-4-10-8(15-3)7(14-2)6(5)9(11)12;;/h4H,1-3H3;;/q-2;2*+1. The SMILES string of the molecule is COc1cnc(OC)c(OC)c1B([O-])[O-].[Li+].[Li+]. The smallest absolute Gasteiger partial charge is 0.889 e. The van der Waals surface area contributed by atoms with Gasteiger partial charge in [-0.2, -0.15) is 0 Å². The van der Waals surface area contributed by atoms with Crippen LogP contribution in [0.3, 0.4) is 0 Å². The van der Waals surface area contributed by atoms with Crippen LogP contribution >= 0.6 is 0 Å². The van der Waals surface area contributed by atoms with E-state index in [2.05, 4.69) is 4.98 Å². The summed E-state index contributed by atoms with van der Waals surface area (Å²) < 4.78 is 14.6. The van der Waals surface area contributed by atoms with E-state index in [-0.39, 0.29) is 60.6 Å². The van der Waals surface area contributed by atoms with Gasteiger partial charge in [0, 0.05) is 0 Å². The molecule has 0 saturated heterocycles. The van der Waals surface area contributed by atoms with E-state index in [1.54, 1.807) is 0 Å². The van der Waals surface area contributed by atoms with Crippen molar-refractivity contribution in [2.24, 2.45) is 0 Å². The van der Waals surface area contributed by atoms with Crippen LogP contribution < -0.4 is 67.4 Å². The number of ether oxygens (including phenoxy) is 3. The predicted molar refractivity (Wildman–Crippen MR) is 49.3 cm³/mol. The monoisotopic (exact) mass is 225 g/mol. The summed E-state index contributed by atoms with van der Waals surface area (Å²) in [5, 5.41) is 21.9. The topological polar surface area (TPSA) is 86.7 Å². The van der Waals surface area contributed by atoms with Crippen LogP contribution in [0.25, 0.3) is 0 Å². The second-order valence-electron chi connectivity index (χ2n) is 2.61. The van der Waals surface area contributed by atoms with Gasteiger partial charge in [-0.3, -0.25) is 0 Å². The van der Waals surface area contributed by atoms with Crippen molar-refractivity contribution in [1.82, 2.24) is 4.98 Å². The van der Waals surface area contributed by atoms with Crippen molar-refractivity contribution in [2.75, 3.05) is 21.3 Å². The summed E-state index contributed by atoms with van der Waals surface area (Å²) in [5.41, 5.74) is -0.133. The Morgan fingerprint density at radius 1 is 1.06 bits per heavy atom. The summed E-state index contributed by atoms with van der Waals surface area (Å²) >= 11 is 0. The zero-order chi connectivity index (χ0) is 11.4. The zero-order valence-electron chi connectivity index (χ0n) is 10.6. The first-order chi connectivity index (χ1) is 7.15. The van der Waals surface area contributed by atoms with Crippen molar-refractivity contribution in [3.63, 3.8) is 0 Å². The summed E-state index contributed by atoms with van der Waals surface area (Å²) in [6.45, 7) is 0. The molecule has 0 bridgehead atoms. The van der Waals surface area contributed by atoms with Gasteiger partial charge in [0.25, 0.3) is 5.88 Å². The molecule has 0 amide bonds. The van der Waals surface area contributed by atoms with Crippen molar-refractivity contribution < 1.29 is 62.0 Å². The fraction of sp³-hybridized carbons (Fsp3) is 0.375. The molecule has 1 heterocycles. The van der Waals surface area contributed by atoms with E-state index in [1.807, 2.05) is 0 Å². The first-order valence-electron chi connectivity index (χ1n) is 4.12. The minimum Gasteiger partial charge on any atom is -0.889 e. The predicted octanol–water partition coefficient (Wildman–Crippen LogP) is -8.47. The maximum atomic E-state index is 11.0. The Morgan fingerprint density at radius 2 is 1.65 bits per heavy atom. The van der Waals surface area contributed by atoms with E-state index < -0.39 is 7.12 Å². The van der Waals surface area contributed by atoms with E-state index in [9.17, 15) is 10.0 Å². The minimum absolute atomic E-state index is 0. The largest absolute Gasteiger partial charge is 1.00 e. The van der Waals surface area contributed by atoms with Gasteiger partial charge in [-0.25, -0.2) is 4.98 Å². The van der Waals surface area contributed by atoms with E-state index in [0.29, 0.717) is 0 Å². The van der Waals surface area contributed by atoms with E-state index >= 15 is 0 Å². The molecule has 0 aliphatic carbocycles. The molecule has 0 aliphatic rings. The van der Waals surface area contributed by atoms with Gasteiger partial charge in [0.1, 0.15) is 5.75 Å². The Bertz CT molecular complexity index is 353. The molecule has 0 atom stereocenters. The number of methoxy groups -OCH3 is 3. The Morgan fingerprint density at radius 3 is 2.00 bits per heavy atom. The third-order valence-corrected chi connectivity index (χ3v) is 1.86. The van der Waals surface area contributed by atoms with Gasteiger partial charge >= 0.3 is 37.7 Å². The molecule has 82 valence electrons. The Labute approximate surface area is 124 Å². The van der Waals surface area contributed by atoms with Crippen molar-refractivity contribution in [3.05, 3.63) is 6.20 Å². The van der Waals surface area contributed by atoms with Crippen molar-refractivity contribution in [1.29, 1.82) is 0 Å². The molecule has 0 aromatic carbocycles. The number of nitrogens with zero attached hydrogens (tertiary/aromatic N) is 1.